The Balaban J connectivity index is 1.91. The second kappa shape index (κ2) is 7.38. The van der Waals surface area contributed by atoms with Crippen molar-refractivity contribution in [3.05, 3.63) is 29.6 Å². The summed E-state index contributed by atoms with van der Waals surface area (Å²) in [5.41, 5.74) is 6.21. The fourth-order valence-corrected chi connectivity index (χ4v) is 2.33. The molecule has 0 unspecified atom stereocenters. The average molecular weight is 295 g/mol. The lowest BCUT2D eigenvalue weighted by molar-refractivity contribution is -0.134. The molecule has 116 valence electrons. The summed E-state index contributed by atoms with van der Waals surface area (Å²) in [6.07, 6.45) is 0.524. The molecule has 0 spiro atoms. The van der Waals surface area contributed by atoms with Crippen molar-refractivity contribution in [3.8, 4) is 5.75 Å². The van der Waals surface area contributed by atoms with Crippen LogP contribution in [0, 0.1) is 5.82 Å². The van der Waals surface area contributed by atoms with Gasteiger partial charge in [-0.2, -0.15) is 0 Å². The summed E-state index contributed by atoms with van der Waals surface area (Å²) in [5.74, 6) is 0.173. The Morgan fingerprint density at radius 2 is 2.05 bits per heavy atom. The summed E-state index contributed by atoms with van der Waals surface area (Å²) in [6, 6.07) is 4.29. The molecule has 5 nitrogen and oxygen atoms in total. The summed E-state index contributed by atoms with van der Waals surface area (Å²) in [6.45, 7) is 3.58. The smallest absolute Gasteiger partial charge is 0.260 e. The first-order valence-corrected chi connectivity index (χ1v) is 7.18. The Bertz CT molecular complexity index is 488. The first-order chi connectivity index (χ1) is 10.1. The number of rotatable bonds is 5. The van der Waals surface area contributed by atoms with Crippen LogP contribution in [0.4, 0.5) is 4.39 Å². The van der Waals surface area contributed by atoms with E-state index in [0.29, 0.717) is 24.3 Å². The Hall–Kier alpha value is -1.66. The largest absolute Gasteiger partial charge is 0.483 e. The molecule has 1 saturated heterocycles. The summed E-state index contributed by atoms with van der Waals surface area (Å²) >= 11 is 0. The van der Waals surface area contributed by atoms with E-state index in [4.69, 9.17) is 10.5 Å². The van der Waals surface area contributed by atoms with Gasteiger partial charge in [-0.3, -0.25) is 4.79 Å². The van der Waals surface area contributed by atoms with Gasteiger partial charge in [0.05, 0.1) is 0 Å². The topological polar surface area (TPSA) is 58.8 Å². The number of amides is 1. The van der Waals surface area contributed by atoms with Gasteiger partial charge in [-0.05, 0) is 43.8 Å². The van der Waals surface area contributed by atoms with Crippen LogP contribution >= 0.6 is 0 Å². The average Bonchev–Trinajstić information content (AvgIpc) is 2.47. The van der Waals surface area contributed by atoms with Crippen molar-refractivity contribution >= 4 is 5.91 Å². The molecule has 1 heterocycles. The minimum atomic E-state index is -0.323. The van der Waals surface area contributed by atoms with Crippen molar-refractivity contribution in [2.24, 2.45) is 5.73 Å². The molecule has 2 N–H and O–H groups in total. The molecule has 1 aliphatic rings. The molecule has 0 radical (unpaired) electrons. The number of carbonyl (C=O) groups excluding carboxylic acids is 1. The number of nitrogens with two attached hydrogens (primary N) is 1. The zero-order chi connectivity index (χ0) is 15.2. The van der Waals surface area contributed by atoms with Crippen molar-refractivity contribution in [1.29, 1.82) is 0 Å². The molecule has 1 amide bonds. The molecule has 6 heteroatoms. The molecule has 21 heavy (non-hydrogen) atoms. The van der Waals surface area contributed by atoms with Crippen LogP contribution in [-0.2, 0) is 11.2 Å². The number of piperazine rings is 1. The second-order valence-corrected chi connectivity index (χ2v) is 5.26. The summed E-state index contributed by atoms with van der Waals surface area (Å²) in [5, 5.41) is 0. The van der Waals surface area contributed by atoms with E-state index in [1.54, 1.807) is 11.0 Å². The molecule has 0 saturated carbocycles. The van der Waals surface area contributed by atoms with Gasteiger partial charge in [0.2, 0.25) is 0 Å². The van der Waals surface area contributed by atoms with Crippen molar-refractivity contribution < 1.29 is 13.9 Å². The summed E-state index contributed by atoms with van der Waals surface area (Å²) < 4.78 is 18.8. The van der Waals surface area contributed by atoms with Crippen molar-refractivity contribution in [3.63, 3.8) is 0 Å². The molecular formula is C15H22FN3O2. The van der Waals surface area contributed by atoms with Crippen LogP contribution in [-0.4, -0.2) is 62.1 Å². The number of hydrogen-bond acceptors (Lipinski definition) is 4. The maximum absolute atomic E-state index is 13.2. The van der Waals surface area contributed by atoms with Crippen molar-refractivity contribution in [2.45, 2.75) is 6.42 Å². The predicted octanol–water partition coefficient (Wildman–Crippen LogP) is 0.480. The van der Waals surface area contributed by atoms with Crippen LogP contribution in [0.25, 0.3) is 0 Å². The minimum absolute atomic E-state index is 0.0209. The highest BCUT2D eigenvalue weighted by molar-refractivity contribution is 5.78. The van der Waals surface area contributed by atoms with Gasteiger partial charge in [0.15, 0.2) is 6.61 Å². The number of benzene rings is 1. The first kappa shape index (κ1) is 15.7. The lowest BCUT2D eigenvalue weighted by atomic mass is 10.1. The molecule has 1 fully saturated rings. The maximum Gasteiger partial charge on any atom is 0.260 e. The Kier molecular flexibility index (Phi) is 5.52. The van der Waals surface area contributed by atoms with Gasteiger partial charge in [0, 0.05) is 26.2 Å². The molecule has 0 aromatic heterocycles. The zero-order valence-corrected chi connectivity index (χ0v) is 12.3. The monoisotopic (exact) mass is 295 g/mol. The standard InChI is InChI=1S/C15H22FN3O2/c1-18-6-8-19(9-7-18)15(20)11-21-14-3-2-13(16)10-12(14)4-5-17/h2-3,10H,4-9,11,17H2,1H3. The van der Waals surface area contributed by atoms with E-state index in [1.807, 2.05) is 7.05 Å². The normalized spacial score (nSPS) is 16.0. The molecular weight excluding hydrogens is 273 g/mol. The molecule has 0 atom stereocenters. The van der Waals surface area contributed by atoms with Crippen molar-refractivity contribution in [1.82, 2.24) is 9.80 Å². The van der Waals surface area contributed by atoms with E-state index in [9.17, 15) is 9.18 Å². The van der Waals surface area contributed by atoms with Gasteiger partial charge in [-0.1, -0.05) is 0 Å². The predicted molar refractivity (Wildman–Crippen MR) is 78.7 cm³/mol. The zero-order valence-electron chi connectivity index (χ0n) is 12.3. The quantitative estimate of drug-likeness (QED) is 0.858. The van der Waals surface area contributed by atoms with E-state index in [2.05, 4.69) is 4.90 Å². The van der Waals surface area contributed by atoms with E-state index >= 15 is 0 Å². The molecule has 1 aromatic rings. The fourth-order valence-electron chi connectivity index (χ4n) is 2.33. The first-order valence-electron chi connectivity index (χ1n) is 7.18. The Morgan fingerprint density at radius 1 is 1.33 bits per heavy atom. The summed E-state index contributed by atoms with van der Waals surface area (Å²) in [7, 11) is 2.04. The van der Waals surface area contributed by atoms with Crippen LogP contribution in [0.15, 0.2) is 18.2 Å². The molecule has 2 rings (SSSR count). The minimum Gasteiger partial charge on any atom is -0.483 e. The Morgan fingerprint density at radius 3 is 2.71 bits per heavy atom. The molecule has 0 aliphatic carbocycles. The number of likely N-dealkylation sites (N-methyl/N-ethyl adjacent to an activating group) is 1. The lowest BCUT2D eigenvalue weighted by Gasteiger charge is -2.32. The highest BCUT2D eigenvalue weighted by atomic mass is 19.1. The number of ether oxygens (including phenoxy) is 1. The molecule has 1 aromatic carbocycles. The van der Waals surface area contributed by atoms with Gasteiger partial charge in [0.1, 0.15) is 11.6 Å². The SMILES string of the molecule is CN1CCN(C(=O)COc2ccc(F)cc2CCN)CC1. The third-order valence-corrected chi connectivity index (χ3v) is 3.64. The van der Waals surface area contributed by atoms with Gasteiger partial charge >= 0.3 is 0 Å². The fraction of sp³-hybridized carbons (Fsp3) is 0.533. The van der Waals surface area contributed by atoms with Gasteiger partial charge in [-0.25, -0.2) is 4.39 Å². The summed E-state index contributed by atoms with van der Waals surface area (Å²) in [4.78, 5) is 16.1. The number of halogens is 1. The number of hydrogen-bond donors (Lipinski definition) is 1. The van der Waals surface area contributed by atoms with Gasteiger partial charge in [0.25, 0.3) is 5.91 Å². The highest BCUT2D eigenvalue weighted by Crippen LogP contribution is 2.20. The number of carbonyl (C=O) groups is 1. The van der Waals surface area contributed by atoms with E-state index in [-0.39, 0.29) is 18.3 Å². The third-order valence-electron chi connectivity index (χ3n) is 3.64. The van der Waals surface area contributed by atoms with E-state index in [0.717, 1.165) is 26.2 Å². The highest BCUT2D eigenvalue weighted by Gasteiger charge is 2.19. The van der Waals surface area contributed by atoms with E-state index < -0.39 is 0 Å². The maximum atomic E-state index is 13.2. The molecule has 0 bridgehead atoms. The lowest BCUT2D eigenvalue weighted by Crippen LogP contribution is -2.48. The van der Waals surface area contributed by atoms with Gasteiger partial charge in [-0.15, -0.1) is 0 Å². The molecule has 1 aliphatic heterocycles. The van der Waals surface area contributed by atoms with Crippen molar-refractivity contribution in [2.75, 3.05) is 46.4 Å². The van der Waals surface area contributed by atoms with Gasteiger partial charge < -0.3 is 20.3 Å². The van der Waals surface area contributed by atoms with Crippen LogP contribution < -0.4 is 10.5 Å². The van der Waals surface area contributed by atoms with Crippen LogP contribution in [0.1, 0.15) is 5.56 Å². The van der Waals surface area contributed by atoms with Crippen LogP contribution in [0.3, 0.4) is 0 Å². The number of nitrogens with zero attached hydrogens (tertiary/aromatic N) is 2. The van der Waals surface area contributed by atoms with Crippen LogP contribution in [0.2, 0.25) is 0 Å². The van der Waals surface area contributed by atoms with E-state index in [1.165, 1.54) is 12.1 Å². The Labute approximate surface area is 124 Å². The third kappa shape index (κ3) is 4.41. The van der Waals surface area contributed by atoms with Crippen LogP contribution in [0.5, 0.6) is 5.75 Å². The second-order valence-electron chi connectivity index (χ2n) is 5.26.